The molecule has 1 N–H and O–H groups in total. The summed E-state index contributed by atoms with van der Waals surface area (Å²) in [7, 11) is 1.64. The number of hydrogen-bond acceptors (Lipinski definition) is 2. The average Bonchev–Trinajstić information content (AvgIpc) is 2.27. The van der Waals surface area contributed by atoms with Crippen LogP contribution in [0.3, 0.4) is 0 Å². The predicted octanol–water partition coefficient (Wildman–Crippen LogP) is 3.08. The fourth-order valence-corrected chi connectivity index (χ4v) is 2.02. The van der Waals surface area contributed by atoms with Crippen LogP contribution in [-0.4, -0.2) is 18.2 Å². The summed E-state index contributed by atoms with van der Waals surface area (Å²) in [5.41, 5.74) is 2.18. The van der Waals surface area contributed by atoms with E-state index in [0.29, 0.717) is 12.3 Å². The van der Waals surface area contributed by atoms with E-state index in [9.17, 15) is 4.79 Å². The van der Waals surface area contributed by atoms with Crippen LogP contribution in [0.5, 0.6) is 5.75 Å². The molecule has 0 aliphatic rings. The van der Waals surface area contributed by atoms with Gasteiger partial charge in [0.05, 0.1) is 13.0 Å². The Kier molecular flexibility index (Phi) is 4.55. The van der Waals surface area contributed by atoms with Crippen molar-refractivity contribution in [2.45, 2.75) is 33.1 Å². The lowest BCUT2D eigenvalue weighted by molar-refractivity contribution is -0.141. The van der Waals surface area contributed by atoms with Crippen LogP contribution in [0.25, 0.3) is 0 Å². The Bertz CT molecular complexity index is 396. The maximum absolute atomic E-state index is 10.9. The summed E-state index contributed by atoms with van der Waals surface area (Å²) < 4.78 is 5.34. The van der Waals surface area contributed by atoms with E-state index in [1.54, 1.807) is 14.0 Å². The van der Waals surface area contributed by atoms with Crippen LogP contribution < -0.4 is 4.74 Å². The molecule has 1 atom stereocenters. The highest BCUT2D eigenvalue weighted by Crippen LogP contribution is 2.31. The Morgan fingerprint density at radius 1 is 1.35 bits per heavy atom. The van der Waals surface area contributed by atoms with Crippen molar-refractivity contribution >= 4 is 5.97 Å². The van der Waals surface area contributed by atoms with E-state index in [2.05, 4.69) is 13.8 Å². The Morgan fingerprint density at radius 2 is 2.00 bits per heavy atom. The molecule has 3 nitrogen and oxygen atoms in total. The van der Waals surface area contributed by atoms with Crippen molar-refractivity contribution < 1.29 is 14.6 Å². The molecule has 17 heavy (non-hydrogen) atoms. The molecule has 0 amide bonds. The SMILES string of the molecule is COc1cccc(CC(C)C(=O)O)c1C(C)C. The Morgan fingerprint density at radius 3 is 2.47 bits per heavy atom. The molecule has 94 valence electrons. The van der Waals surface area contributed by atoms with E-state index < -0.39 is 5.97 Å². The summed E-state index contributed by atoms with van der Waals surface area (Å²) in [6.45, 7) is 5.91. The van der Waals surface area contributed by atoms with E-state index >= 15 is 0 Å². The van der Waals surface area contributed by atoms with Crippen LogP contribution in [0.4, 0.5) is 0 Å². The molecule has 0 aliphatic heterocycles. The third-order valence-corrected chi connectivity index (χ3v) is 2.90. The minimum atomic E-state index is -0.762. The van der Waals surface area contributed by atoms with Crippen LogP contribution in [0.15, 0.2) is 18.2 Å². The average molecular weight is 236 g/mol. The van der Waals surface area contributed by atoms with Crippen molar-refractivity contribution in [3.63, 3.8) is 0 Å². The molecule has 0 bridgehead atoms. The molecule has 0 spiro atoms. The van der Waals surface area contributed by atoms with Crippen LogP contribution in [0, 0.1) is 5.92 Å². The van der Waals surface area contributed by atoms with E-state index in [1.165, 1.54) is 0 Å². The van der Waals surface area contributed by atoms with Crippen molar-refractivity contribution in [2.75, 3.05) is 7.11 Å². The van der Waals surface area contributed by atoms with Crippen molar-refractivity contribution in [1.82, 2.24) is 0 Å². The Balaban J connectivity index is 3.10. The highest BCUT2D eigenvalue weighted by atomic mass is 16.5. The van der Waals surface area contributed by atoms with Gasteiger partial charge in [-0.3, -0.25) is 4.79 Å². The molecule has 1 aromatic rings. The lowest BCUT2D eigenvalue weighted by Gasteiger charge is -2.18. The molecule has 0 radical (unpaired) electrons. The van der Waals surface area contributed by atoms with Crippen molar-refractivity contribution in [3.8, 4) is 5.75 Å². The number of ether oxygens (including phenoxy) is 1. The molecule has 0 saturated carbocycles. The zero-order valence-corrected chi connectivity index (χ0v) is 10.9. The summed E-state index contributed by atoms with van der Waals surface area (Å²) >= 11 is 0. The lowest BCUT2D eigenvalue weighted by Crippen LogP contribution is -2.14. The second-order valence-electron chi connectivity index (χ2n) is 4.63. The standard InChI is InChI=1S/C14H20O3/c1-9(2)13-11(8-10(3)14(15)16)6-5-7-12(13)17-4/h5-7,9-10H,8H2,1-4H3,(H,15,16). The molecule has 0 saturated heterocycles. The lowest BCUT2D eigenvalue weighted by atomic mass is 9.90. The topological polar surface area (TPSA) is 46.5 Å². The summed E-state index contributed by atoms with van der Waals surface area (Å²) in [6.07, 6.45) is 0.542. The first kappa shape index (κ1) is 13.6. The molecular formula is C14H20O3. The second kappa shape index (κ2) is 5.71. The van der Waals surface area contributed by atoms with E-state index in [4.69, 9.17) is 9.84 Å². The predicted molar refractivity (Wildman–Crippen MR) is 67.6 cm³/mol. The van der Waals surface area contributed by atoms with E-state index in [0.717, 1.165) is 16.9 Å². The number of carbonyl (C=O) groups is 1. The third-order valence-electron chi connectivity index (χ3n) is 2.90. The molecule has 1 aromatic carbocycles. The quantitative estimate of drug-likeness (QED) is 0.854. The van der Waals surface area contributed by atoms with Gasteiger partial charge in [-0.05, 0) is 29.5 Å². The van der Waals surface area contributed by atoms with E-state index in [1.807, 2.05) is 18.2 Å². The number of aliphatic carboxylic acids is 1. The van der Waals surface area contributed by atoms with Gasteiger partial charge in [-0.15, -0.1) is 0 Å². The number of methoxy groups -OCH3 is 1. The van der Waals surface area contributed by atoms with Gasteiger partial charge in [0.1, 0.15) is 5.75 Å². The van der Waals surface area contributed by atoms with Crippen LogP contribution in [0.2, 0.25) is 0 Å². The van der Waals surface area contributed by atoms with Crippen LogP contribution >= 0.6 is 0 Å². The Labute approximate surface area is 102 Å². The molecular weight excluding hydrogens is 216 g/mol. The highest BCUT2D eigenvalue weighted by molar-refractivity contribution is 5.70. The fourth-order valence-electron chi connectivity index (χ4n) is 2.02. The highest BCUT2D eigenvalue weighted by Gasteiger charge is 2.17. The van der Waals surface area contributed by atoms with Gasteiger partial charge in [0, 0.05) is 0 Å². The van der Waals surface area contributed by atoms with Crippen LogP contribution in [0.1, 0.15) is 37.8 Å². The first-order chi connectivity index (χ1) is 7.97. The van der Waals surface area contributed by atoms with Crippen LogP contribution in [-0.2, 0) is 11.2 Å². The largest absolute Gasteiger partial charge is 0.496 e. The monoisotopic (exact) mass is 236 g/mol. The number of carboxylic acid groups (broad SMARTS) is 1. The first-order valence-corrected chi connectivity index (χ1v) is 5.86. The summed E-state index contributed by atoms with van der Waals surface area (Å²) in [4.78, 5) is 10.9. The van der Waals surface area contributed by atoms with Crippen molar-refractivity contribution in [1.29, 1.82) is 0 Å². The zero-order valence-electron chi connectivity index (χ0n) is 10.9. The molecule has 0 aliphatic carbocycles. The molecule has 3 heteroatoms. The minimum absolute atomic E-state index is 0.321. The summed E-state index contributed by atoms with van der Waals surface area (Å²) in [5.74, 6) is 0.0272. The second-order valence-corrected chi connectivity index (χ2v) is 4.63. The smallest absolute Gasteiger partial charge is 0.306 e. The summed E-state index contributed by atoms with van der Waals surface area (Å²) in [6, 6.07) is 5.82. The van der Waals surface area contributed by atoms with Gasteiger partial charge in [0.2, 0.25) is 0 Å². The maximum atomic E-state index is 10.9. The fraction of sp³-hybridized carbons (Fsp3) is 0.500. The zero-order chi connectivity index (χ0) is 13.0. The van der Waals surface area contributed by atoms with Gasteiger partial charge in [-0.25, -0.2) is 0 Å². The minimum Gasteiger partial charge on any atom is -0.496 e. The normalized spacial score (nSPS) is 12.5. The van der Waals surface area contributed by atoms with Gasteiger partial charge in [0.15, 0.2) is 0 Å². The van der Waals surface area contributed by atoms with Gasteiger partial charge < -0.3 is 9.84 Å². The molecule has 0 fully saturated rings. The number of carboxylic acids is 1. The van der Waals surface area contributed by atoms with Crippen molar-refractivity contribution in [3.05, 3.63) is 29.3 Å². The number of benzene rings is 1. The van der Waals surface area contributed by atoms with Crippen molar-refractivity contribution in [2.24, 2.45) is 5.92 Å². The maximum Gasteiger partial charge on any atom is 0.306 e. The third kappa shape index (κ3) is 3.22. The first-order valence-electron chi connectivity index (χ1n) is 5.86. The number of rotatable bonds is 5. The molecule has 0 heterocycles. The summed E-state index contributed by atoms with van der Waals surface area (Å²) in [5, 5.41) is 8.97. The number of hydrogen-bond donors (Lipinski definition) is 1. The molecule has 1 unspecified atom stereocenters. The van der Waals surface area contributed by atoms with Gasteiger partial charge in [0.25, 0.3) is 0 Å². The van der Waals surface area contributed by atoms with Gasteiger partial charge >= 0.3 is 5.97 Å². The van der Waals surface area contributed by atoms with Gasteiger partial charge in [-0.1, -0.05) is 32.9 Å². The van der Waals surface area contributed by atoms with Gasteiger partial charge in [-0.2, -0.15) is 0 Å². The molecule has 0 aromatic heterocycles. The molecule has 1 rings (SSSR count). The van der Waals surface area contributed by atoms with E-state index in [-0.39, 0.29) is 5.92 Å². The Hall–Kier alpha value is -1.51.